The average Bonchev–Trinajstić information content (AvgIpc) is 3.27. The molecule has 2 N–H and O–H groups in total. The van der Waals surface area contributed by atoms with Crippen LogP contribution >= 0.6 is 11.6 Å². The molecule has 170 valence electrons. The molecule has 0 aliphatic rings. The van der Waals surface area contributed by atoms with E-state index in [-0.39, 0.29) is 5.56 Å². The highest BCUT2D eigenvalue weighted by Crippen LogP contribution is 2.37. The van der Waals surface area contributed by atoms with Crippen LogP contribution in [0.3, 0.4) is 0 Å². The van der Waals surface area contributed by atoms with E-state index in [0.29, 0.717) is 5.02 Å². The summed E-state index contributed by atoms with van der Waals surface area (Å²) in [5.74, 6) is 0. The Morgan fingerprint density at radius 1 is 0.941 bits per heavy atom. The molecule has 6 heteroatoms. The molecule has 34 heavy (non-hydrogen) atoms. The second kappa shape index (κ2) is 8.28. The van der Waals surface area contributed by atoms with E-state index in [0.717, 1.165) is 44.4 Å². The van der Waals surface area contributed by atoms with Crippen molar-refractivity contribution in [3.8, 4) is 11.1 Å². The van der Waals surface area contributed by atoms with Crippen LogP contribution < -0.4 is 11.3 Å². The van der Waals surface area contributed by atoms with E-state index < -0.39 is 5.54 Å². The van der Waals surface area contributed by atoms with Crippen molar-refractivity contribution < 1.29 is 0 Å². The van der Waals surface area contributed by atoms with Gasteiger partial charge in [-0.05, 0) is 53.4 Å². The highest BCUT2D eigenvalue weighted by molar-refractivity contribution is 6.30. The van der Waals surface area contributed by atoms with E-state index in [2.05, 4.69) is 42.2 Å². The number of benzene rings is 3. The Labute approximate surface area is 203 Å². The van der Waals surface area contributed by atoms with E-state index >= 15 is 0 Å². The monoisotopic (exact) mass is 468 g/mol. The van der Waals surface area contributed by atoms with Gasteiger partial charge in [0.2, 0.25) is 0 Å². The number of pyridine rings is 1. The van der Waals surface area contributed by atoms with E-state index in [1.54, 1.807) is 24.0 Å². The lowest BCUT2D eigenvalue weighted by atomic mass is 9.80. The van der Waals surface area contributed by atoms with Crippen molar-refractivity contribution >= 4 is 22.5 Å². The van der Waals surface area contributed by atoms with Gasteiger partial charge in [-0.25, -0.2) is 4.98 Å². The molecule has 0 saturated heterocycles. The summed E-state index contributed by atoms with van der Waals surface area (Å²) in [6.45, 7) is 2.06. The third-order valence-electron chi connectivity index (χ3n) is 6.57. The molecule has 0 bridgehead atoms. The average molecular weight is 469 g/mol. The largest absolute Gasteiger partial charge is 0.336 e. The molecule has 0 aliphatic carbocycles. The minimum Gasteiger partial charge on any atom is -0.336 e. The highest BCUT2D eigenvalue weighted by atomic mass is 35.5. The van der Waals surface area contributed by atoms with E-state index in [4.69, 9.17) is 17.3 Å². The fourth-order valence-corrected chi connectivity index (χ4v) is 4.81. The summed E-state index contributed by atoms with van der Waals surface area (Å²) in [5.41, 5.74) is 12.6. The fraction of sp³-hybridized carbons (Fsp3) is 0.143. The maximum Gasteiger partial charge on any atom is 0.251 e. The van der Waals surface area contributed by atoms with Crippen molar-refractivity contribution in [2.24, 2.45) is 19.8 Å². The lowest BCUT2D eigenvalue weighted by molar-refractivity contribution is 0.596. The molecule has 3 aromatic carbocycles. The summed E-state index contributed by atoms with van der Waals surface area (Å²) in [6, 6.07) is 23.5. The van der Waals surface area contributed by atoms with Crippen molar-refractivity contribution in [2.75, 3.05) is 0 Å². The van der Waals surface area contributed by atoms with Gasteiger partial charge in [0.15, 0.2) is 0 Å². The van der Waals surface area contributed by atoms with Crippen LogP contribution in [-0.2, 0) is 19.6 Å². The molecule has 2 aromatic heterocycles. The number of hydrogen-bond donors (Lipinski definition) is 1. The molecule has 0 spiro atoms. The van der Waals surface area contributed by atoms with Crippen LogP contribution in [0, 0.1) is 6.92 Å². The van der Waals surface area contributed by atoms with Crippen molar-refractivity contribution in [3.63, 3.8) is 0 Å². The summed E-state index contributed by atoms with van der Waals surface area (Å²) < 4.78 is 3.60. The van der Waals surface area contributed by atoms with Crippen LogP contribution in [-0.4, -0.2) is 14.1 Å². The number of nitrogens with two attached hydrogens (primary N) is 1. The lowest BCUT2D eigenvalue weighted by Crippen LogP contribution is -2.41. The first-order valence-corrected chi connectivity index (χ1v) is 11.4. The summed E-state index contributed by atoms with van der Waals surface area (Å²) in [4.78, 5) is 17.1. The van der Waals surface area contributed by atoms with Crippen molar-refractivity contribution in [1.29, 1.82) is 0 Å². The first kappa shape index (κ1) is 22.1. The maximum absolute atomic E-state index is 12.8. The van der Waals surface area contributed by atoms with Gasteiger partial charge < -0.3 is 14.9 Å². The van der Waals surface area contributed by atoms with Gasteiger partial charge in [0, 0.05) is 30.6 Å². The summed E-state index contributed by atoms with van der Waals surface area (Å²) in [5, 5.41) is 1.54. The first-order chi connectivity index (χ1) is 16.3. The standard InChI is InChI=1S/C28H25ClN4O/c1-18-7-9-20(10-8-18)28(30,26-16-31-17-32(26)2)21-11-12-25-24(14-21)23(15-27(34)33(25)3)19-5-4-6-22(29)13-19/h4-17H,30H2,1-3H3. The zero-order valence-electron chi connectivity index (χ0n) is 19.3. The minimum absolute atomic E-state index is 0.0839. The van der Waals surface area contributed by atoms with Crippen LogP contribution in [0.1, 0.15) is 22.4 Å². The topological polar surface area (TPSA) is 65.8 Å². The zero-order chi connectivity index (χ0) is 24.0. The van der Waals surface area contributed by atoms with Crippen molar-refractivity contribution in [3.05, 3.63) is 123 Å². The number of hydrogen-bond acceptors (Lipinski definition) is 3. The number of imidazole rings is 1. The van der Waals surface area contributed by atoms with Crippen molar-refractivity contribution in [2.45, 2.75) is 12.5 Å². The molecular formula is C28H25ClN4O. The molecule has 0 amide bonds. The van der Waals surface area contributed by atoms with Gasteiger partial charge >= 0.3 is 0 Å². The Morgan fingerprint density at radius 2 is 1.68 bits per heavy atom. The number of aromatic nitrogens is 3. The molecule has 0 fully saturated rings. The zero-order valence-corrected chi connectivity index (χ0v) is 20.0. The van der Waals surface area contributed by atoms with Crippen LogP contribution in [0.15, 0.2) is 90.1 Å². The van der Waals surface area contributed by atoms with Gasteiger partial charge in [-0.3, -0.25) is 4.79 Å². The van der Waals surface area contributed by atoms with E-state index in [1.165, 1.54) is 0 Å². The molecule has 1 atom stereocenters. The molecule has 5 aromatic rings. The van der Waals surface area contributed by atoms with Gasteiger partial charge in [-0.15, -0.1) is 0 Å². The number of nitrogens with zero attached hydrogens (tertiary/aromatic N) is 3. The van der Waals surface area contributed by atoms with E-state index in [1.807, 2.05) is 54.2 Å². The summed E-state index contributed by atoms with van der Waals surface area (Å²) in [6.07, 6.45) is 3.57. The van der Waals surface area contributed by atoms with Gasteiger partial charge in [0.25, 0.3) is 5.56 Å². The molecule has 1 unspecified atom stereocenters. The summed E-state index contributed by atoms with van der Waals surface area (Å²) >= 11 is 6.29. The van der Waals surface area contributed by atoms with E-state index in [9.17, 15) is 4.79 Å². The Hall–Kier alpha value is -3.67. The Morgan fingerprint density at radius 3 is 2.35 bits per heavy atom. The van der Waals surface area contributed by atoms with Gasteiger partial charge in [0.05, 0.1) is 23.7 Å². The number of halogens is 1. The second-order valence-corrected chi connectivity index (χ2v) is 9.20. The molecule has 5 rings (SSSR count). The Bertz CT molecular complexity index is 1580. The molecule has 0 saturated carbocycles. The van der Waals surface area contributed by atoms with Crippen molar-refractivity contribution in [1.82, 2.24) is 14.1 Å². The quantitative estimate of drug-likeness (QED) is 0.396. The number of fused-ring (bicyclic) bond motifs is 1. The van der Waals surface area contributed by atoms with Crippen LogP contribution in [0.2, 0.25) is 5.02 Å². The predicted molar refractivity (Wildman–Crippen MR) is 138 cm³/mol. The molecule has 0 aliphatic heterocycles. The van der Waals surface area contributed by atoms with Crippen LogP contribution in [0.5, 0.6) is 0 Å². The molecule has 0 radical (unpaired) electrons. The molecule has 2 heterocycles. The third kappa shape index (κ3) is 3.54. The maximum atomic E-state index is 12.8. The lowest BCUT2D eigenvalue weighted by Gasteiger charge is -2.32. The Kier molecular flexibility index (Phi) is 5.39. The van der Waals surface area contributed by atoms with Gasteiger partial charge in [-0.2, -0.15) is 0 Å². The smallest absolute Gasteiger partial charge is 0.251 e. The Balaban J connectivity index is 1.84. The normalized spacial score (nSPS) is 13.2. The third-order valence-corrected chi connectivity index (χ3v) is 6.80. The second-order valence-electron chi connectivity index (χ2n) is 8.76. The SMILES string of the molecule is Cc1ccc(C(N)(c2ccc3c(c2)c(-c2cccc(Cl)c2)cc(=O)n3C)c2cncn2C)cc1. The minimum atomic E-state index is -0.951. The van der Waals surface area contributed by atoms with Gasteiger partial charge in [-0.1, -0.05) is 59.6 Å². The first-order valence-electron chi connectivity index (χ1n) is 11.0. The molecule has 5 nitrogen and oxygen atoms in total. The highest BCUT2D eigenvalue weighted by Gasteiger charge is 2.35. The number of rotatable bonds is 4. The predicted octanol–water partition coefficient (Wildman–Crippen LogP) is 5.15. The van der Waals surface area contributed by atoms with Crippen LogP contribution in [0.25, 0.3) is 22.0 Å². The summed E-state index contributed by atoms with van der Waals surface area (Å²) in [7, 11) is 3.73. The van der Waals surface area contributed by atoms with Crippen LogP contribution in [0.4, 0.5) is 0 Å². The van der Waals surface area contributed by atoms with Gasteiger partial charge in [0.1, 0.15) is 5.54 Å². The fourth-order valence-electron chi connectivity index (χ4n) is 4.62. The molecular weight excluding hydrogens is 444 g/mol. The number of aryl methyl sites for hydroxylation is 3.